The Hall–Kier alpha value is -3.16. The molecule has 0 radical (unpaired) electrons. The summed E-state index contributed by atoms with van der Waals surface area (Å²) >= 11 is 3.36. The second-order valence-corrected chi connectivity index (χ2v) is 9.60. The molecule has 0 bridgehead atoms. The summed E-state index contributed by atoms with van der Waals surface area (Å²) < 4.78 is 96.6. The van der Waals surface area contributed by atoms with Crippen molar-refractivity contribution < 1.29 is 50.1 Å². The second kappa shape index (κ2) is 12.1. The Bertz CT molecular complexity index is 1220. The fourth-order valence-corrected chi connectivity index (χ4v) is 5.13. The fraction of sp³-hybridized carbons (Fsp3) is 0.462. The van der Waals surface area contributed by atoms with Gasteiger partial charge in [-0.05, 0) is 55.7 Å². The van der Waals surface area contributed by atoms with Crippen molar-refractivity contribution in [2.24, 2.45) is 0 Å². The summed E-state index contributed by atoms with van der Waals surface area (Å²) in [6.45, 7) is 2.77. The van der Waals surface area contributed by atoms with Crippen LogP contribution in [0.1, 0.15) is 54.1 Å². The van der Waals surface area contributed by atoms with Crippen molar-refractivity contribution in [3.63, 3.8) is 0 Å². The quantitative estimate of drug-likeness (QED) is 0.239. The van der Waals surface area contributed by atoms with E-state index in [1.807, 2.05) is 0 Å². The third-order valence-corrected chi connectivity index (χ3v) is 7.05. The average molecular weight is 641 g/mol. The Morgan fingerprint density at radius 3 is 2.10 bits per heavy atom. The molecule has 0 N–H and O–H groups in total. The Kier molecular flexibility index (Phi) is 9.53. The van der Waals surface area contributed by atoms with Crippen molar-refractivity contribution in [2.75, 3.05) is 25.7 Å². The number of rotatable bonds is 6. The Balaban J connectivity index is 2.20. The highest BCUT2D eigenvalue weighted by Crippen LogP contribution is 2.45. The monoisotopic (exact) mass is 640 g/mol. The predicted molar refractivity (Wildman–Crippen MR) is 136 cm³/mol. The van der Waals surface area contributed by atoms with E-state index in [-0.39, 0.29) is 19.1 Å². The normalized spacial score (nSPS) is 17.2. The number of benzene rings is 2. The summed E-state index contributed by atoms with van der Waals surface area (Å²) in [6.07, 6.45) is -11.7. The number of fused-ring (bicyclic) bond motifs is 1. The van der Waals surface area contributed by atoms with Crippen LogP contribution in [0.15, 0.2) is 30.3 Å². The van der Waals surface area contributed by atoms with Gasteiger partial charge in [-0.3, -0.25) is 9.80 Å². The minimum Gasteiger partial charge on any atom is -0.496 e. The van der Waals surface area contributed by atoms with E-state index in [0.29, 0.717) is 40.0 Å². The summed E-state index contributed by atoms with van der Waals surface area (Å²) in [5, 5.41) is 0.311. The van der Waals surface area contributed by atoms with E-state index in [9.17, 15) is 35.9 Å². The fourth-order valence-electron chi connectivity index (χ4n) is 4.69. The van der Waals surface area contributed by atoms with E-state index in [0.717, 1.165) is 12.0 Å². The van der Waals surface area contributed by atoms with Gasteiger partial charge >= 0.3 is 24.5 Å². The molecule has 2 aromatic rings. The van der Waals surface area contributed by atoms with E-state index < -0.39 is 59.9 Å². The Morgan fingerprint density at radius 1 is 1.02 bits per heavy atom. The molecule has 2 amide bonds. The average Bonchev–Trinajstić information content (AvgIpc) is 2.89. The van der Waals surface area contributed by atoms with E-state index in [1.165, 1.54) is 12.0 Å². The Labute approximate surface area is 235 Å². The standard InChI is InChI=1S/C26H27BrF6N2O5/c1-5-40-24(37)35-14(2)6-20(19-9-16(12-27)22(38-3)11-21(19)35)34(23(36)39-4)13-15-7-17(25(28,29)30)10-18(8-15)26(31,32)33/h7-11,14,20H,5-6,12-13H2,1-4H3/t14-,20+/m0/s1. The van der Waals surface area contributed by atoms with E-state index in [4.69, 9.17) is 14.2 Å². The van der Waals surface area contributed by atoms with Crippen molar-refractivity contribution in [2.45, 2.75) is 56.6 Å². The summed E-state index contributed by atoms with van der Waals surface area (Å²) in [5.74, 6) is 0.412. The van der Waals surface area contributed by atoms with Gasteiger partial charge in [0, 0.05) is 29.5 Å². The SMILES string of the molecule is CCOC(=O)N1c2cc(OC)c(CBr)cc2[C@H](N(Cc2cc(C(F)(F)F)cc(C(F)(F)F)c2)C(=O)OC)C[C@@H]1C. The van der Waals surface area contributed by atoms with Crippen LogP contribution in [0.5, 0.6) is 5.75 Å². The molecule has 0 aromatic heterocycles. The molecule has 1 aliphatic rings. The molecule has 14 heteroatoms. The zero-order chi connectivity index (χ0) is 30.0. The van der Waals surface area contributed by atoms with Crippen molar-refractivity contribution in [3.05, 3.63) is 58.1 Å². The number of hydrogen-bond donors (Lipinski definition) is 0. The molecule has 3 rings (SSSR count). The molecule has 1 aliphatic heterocycles. The summed E-state index contributed by atoms with van der Waals surface area (Å²) in [5.41, 5.74) is -2.04. The first-order chi connectivity index (χ1) is 18.7. The number of carbonyl (C=O) groups excluding carboxylic acids is 2. The van der Waals surface area contributed by atoms with Gasteiger partial charge in [-0.25, -0.2) is 9.59 Å². The molecule has 0 fully saturated rings. The Morgan fingerprint density at radius 2 is 1.62 bits per heavy atom. The van der Waals surface area contributed by atoms with Crippen LogP contribution >= 0.6 is 15.9 Å². The third kappa shape index (κ3) is 6.58. The lowest BCUT2D eigenvalue weighted by molar-refractivity contribution is -0.143. The van der Waals surface area contributed by atoms with Crippen LogP contribution in [0, 0.1) is 0 Å². The van der Waals surface area contributed by atoms with Gasteiger partial charge in [0.15, 0.2) is 0 Å². The second-order valence-electron chi connectivity index (χ2n) is 9.04. The van der Waals surface area contributed by atoms with E-state index in [1.54, 1.807) is 26.0 Å². The number of anilines is 1. The van der Waals surface area contributed by atoms with E-state index in [2.05, 4.69) is 15.9 Å². The lowest BCUT2D eigenvalue weighted by atomic mass is 9.89. The van der Waals surface area contributed by atoms with Crippen LogP contribution in [0.2, 0.25) is 0 Å². The molecule has 220 valence electrons. The van der Waals surface area contributed by atoms with Crippen LogP contribution in [0.4, 0.5) is 41.6 Å². The first-order valence-electron chi connectivity index (χ1n) is 12.0. The van der Waals surface area contributed by atoms with Crippen LogP contribution in [-0.4, -0.2) is 44.0 Å². The molecule has 40 heavy (non-hydrogen) atoms. The summed E-state index contributed by atoms with van der Waals surface area (Å²) in [4.78, 5) is 28.3. The first-order valence-corrected chi connectivity index (χ1v) is 13.1. The predicted octanol–water partition coefficient (Wildman–Crippen LogP) is 7.69. The minimum atomic E-state index is -5.06. The van der Waals surface area contributed by atoms with Crippen LogP contribution in [0.3, 0.4) is 0 Å². The van der Waals surface area contributed by atoms with Crippen LogP contribution in [-0.2, 0) is 33.7 Å². The van der Waals surface area contributed by atoms with Crippen molar-refractivity contribution in [1.82, 2.24) is 4.90 Å². The highest BCUT2D eigenvalue weighted by atomic mass is 79.9. The molecular formula is C26H27BrF6N2O5. The number of hydrogen-bond acceptors (Lipinski definition) is 5. The number of amides is 2. The number of halogens is 7. The number of nitrogens with zero attached hydrogens (tertiary/aromatic N) is 2. The molecule has 1 heterocycles. The lowest BCUT2D eigenvalue weighted by Gasteiger charge is -2.43. The maximum atomic E-state index is 13.5. The molecule has 0 spiro atoms. The van der Waals surface area contributed by atoms with Gasteiger partial charge < -0.3 is 14.2 Å². The first kappa shape index (κ1) is 31.4. The van der Waals surface area contributed by atoms with Gasteiger partial charge in [0.2, 0.25) is 0 Å². The number of ether oxygens (including phenoxy) is 3. The molecule has 0 saturated heterocycles. The molecule has 2 aromatic carbocycles. The lowest BCUT2D eigenvalue weighted by Crippen LogP contribution is -2.47. The number of carbonyl (C=O) groups is 2. The van der Waals surface area contributed by atoms with Gasteiger partial charge in [-0.2, -0.15) is 26.3 Å². The highest BCUT2D eigenvalue weighted by Gasteiger charge is 2.41. The van der Waals surface area contributed by atoms with Gasteiger partial charge in [-0.15, -0.1) is 0 Å². The van der Waals surface area contributed by atoms with Gasteiger partial charge in [-0.1, -0.05) is 15.9 Å². The molecule has 0 saturated carbocycles. The molecule has 0 aliphatic carbocycles. The molecular weight excluding hydrogens is 614 g/mol. The third-order valence-electron chi connectivity index (χ3n) is 6.45. The van der Waals surface area contributed by atoms with Crippen molar-refractivity contribution in [3.8, 4) is 5.75 Å². The largest absolute Gasteiger partial charge is 0.496 e. The molecule has 0 unspecified atom stereocenters. The maximum absolute atomic E-state index is 13.5. The van der Waals surface area contributed by atoms with Gasteiger partial charge in [0.1, 0.15) is 5.75 Å². The zero-order valence-electron chi connectivity index (χ0n) is 22.0. The van der Waals surface area contributed by atoms with Crippen LogP contribution in [0.25, 0.3) is 0 Å². The van der Waals surface area contributed by atoms with Gasteiger partial charge in [0.25, 0.3) is 0 Å². The van der Waals surface area contributed by atoms with E-state index >= 15 is 0 Å². The zero-order valence-corrected chi connectivity index (χ0v) is 23.5. The minimum absolute atomic E-state index is 0.0235. The summed E-state index contributed by atoms with van der Waals surface area (Å²) in [7, 11) is 2.48. The topological polar surface area (TPSA) is 68.3 Å². The van der Waals surface area contributed by atoms with Gasteiger partial charge in [0.05, 0.1) is 43.7 Å². The van der Waals surface area contributed by atoms with Crippen molar-refractivity contribution >= 4 is 33.8 Å². The summed E-state index contributed by atoms with van der Waals surface area (Å²) in [6, 6.07) is 2.92. The maximum Gasteiger partial charge on any atom is 0.416 e. The van der Waals surface area contributed by atoms with Crippen molar-refractivity contribution in [1.29, 1.82) is 0 Å². The highest BCUT2D eigenvalue weighted by molar-refractivity contribution is 9.08. The molecule has 2 atom stereocenters. The number of alkyl halides is 7. The number of methoxy groups -OCH3 is 2. The van der Waals surface area contributed by atoms with Crippen LogP contribution < -0.4 is 9.64 Å². The molecule has 7 nitrogen and oxygen atoms in total. The smallest absolute Gasteiger partial charge is 0.416 e.